The molecule has 0 amide bonds. The number of hydrogen-bond donors (Lipinski definition) is 0. The Labute approximate surface area is 146 Å². The fraction of sp³-hybridized carbons (Fsp3) is 0. The molecule has 0 aliphatic heterocycles. The summed E-state index contributed by atoms with van der Waals surface area (Å²) in [5.41, 5.74) is 3.05. The standard InChI is InChI=1S/C12H2Br2N4S3/c13-5-1-3-4-2-6(14)20-10(4)8-7(9(3)19-5)15-11-12(16-8)18-21-17-11/h1-2H. The Morgan fingerprint density at radius 2 is 1.24 bits per heavy atom. The van der Waals surface area contributed by atoms with Gasteiger partial charge in [-0.15, -0.1) is 22.7 Å². The molecule has 4 aromatic heterocycles. The Balaban J connectivity index is 2.19. The molecule has 0 bridgehead atoms. The third-order valence-corrected chi connectivity index (χ3v) is 7.04. The predicted octanol–water partition coefficient (Wildman–Crippen LogP) is 5.59. The number of fused-ring (bicyclic) bond motifs is 7. The summed E-state index contributed by atoms with van der Waals surface area (Å²) in [5, 5.41) is 2.40. The maximum absolute atomic E-state index is 4.69. The first kappa shape index (κ1) is 12.8. The van der Waals surface area contributed by atoms with Gasteiger partial charge in [-0.25, -0.2) is 9.97 Å². The summed E-state index contributed by atoms with van der Waals surface area (Å²) in [6, 6.07) is 4.29. The SMILES string of the molecule is Brc1cc2c3cc(Br)sc3c3nc4nsnc4nc3c2s1. The summed E-state index contributed by atoms with van der Waals surface area (Å²) >= 11 is 11.7. The van der Waals surface area contributed by atoms with Gasteiger partial charge in [0.05, 0.1) is 28.7 Å². The van der Waals surface area contributed by atoms with Gasteiger partial charge in [0.25, 0.3) is 0 Å². The smallest absolute Gasteiger partial charge is 0.213 e. The van der Waals surface area contributed by atoms with Gasteiger partial charge in [-0.1, -0.05) is 0 Å². The fourth-order valence-corrected chi connectivity index (χ4v) is 6.08. The summed E-state index contributed by atoms with van der Waals surface area (Å²) in [6.07, 6.45) is 0. The molecule has 0 aliphatic carbocycles. The van der Waals surface area contributed by atoms with Gasteiger partial charge in [0.1, 0.15) is 11.0 Å². The topological polar surface area (TPSA) is 51.6 Å². The first-order chi connectivity index (χ1) is 10.2. The van der Waals surface area contributed by atoms with E-state index in [-0.39, 0.29) is 0 Å². The zero-order chi connectivity index (χ0) is 14.1. The van der Waals surface area contributed by atoms with Crippen molar-refractivity contribution >= 4 is 109 Å². The minimum atomic E-state index is 0.619. The lowest BCUT2D eigenvalue weighted by Crippen LogP contribution is -1.87. The van der Waals surface area contributed by atoms with Crippen molar-refractivity contribution in [3.63, 3.8) is 0 Å². The van der Waals surface area contributed by atoms with Crippen molar-refractivity contribution in [1.29, 1.82) is 0 Å². The number of halogens is 2. The molecular weight excluding hydrogens is 456 g/mol. The van der Waals surface area contributed by atoms with Crippen molar-refractivity contribution in [3.8, 4) is 0 Å². The van der Waals surface area contributed by atoms with Crippen molar-refractivity contribution in [2.45, 2.75) is 0 Å². The number of thiophene rings is 2. The molecule has 0 spiro atoms. The zero-order valence-electron chi connectivity index (χ0n) is 9.92. The Hall–Kier alpha value is -0.740. The van der Waals surface area contributed by atoms with Gasteiger partial charge < -0.3 is 0 Å². The van der Waals surface area contributed by atoms with E-state index in [1.165, 1.54) is 10.8 Å². The van der Waals surface area contributed by atoms with Crippen molar-refractivity contribution in [2.24, 2.45) is 0 Å². The highest BCUT2D eigenvalue weighted by atomic mass is 79.9. The first-order valence-corrected chi connectivity index (χ1v) is 9.76. The zero-order valence-corrected chi connectivity index (χ0v) is 15.5. The highest BCUT2D eigenvalue weighted by Crippen LogP contribution is 2.44. The molecule has 102 valence electrons. The molecule has 0 saturated heterocycles. The van der Waals surface area contributed by atoms with Crippen molar-refractivity contribution in [3.05, 3.63) is 19.7 Å². The van der Waals surface area contributed by atoms with Gasteiger partial charge >= 0.3 is 0 Å². The monoisotopic (exact) mass is 456 g/mol. The maximum atomic E-state index is 4.69. The van der Waals surface area contributed by atoms with Crippen LogP contribution in [-0.4, -0.2) is 18.7 Å². The largest absolute Gasteiger partial charge is 0.221 e. The number of nitrogens with zero attached hydrogens (tertiary/aromatic N) is 4. The molecule has 0 atom stereocenters. The van der Waals surface area contributed by atoms with Crippen LogP contribution in [0.4, 0.5) is 0 Å². The summed E-state index contributed by atoms with van der Waals surface area (Å²) < 4.78 is 12.9. The van der Waals surface area contributed by atoms with Crippen LogP contribution in [0.1, 0.15) is 0 Å². The Morgan fingerprint density at radius 1 is 0.762 bits per heavy atom. The molecule has 21 heavy (non-hydrogen) atoms. The van der Waals surface area contributed by atoms with E-state index in [1.54, 1.807) is 22.7 Å². The van der Waals surface area contributed by atoms with Crippen LogP contribution in [0.15, 0.2) is 19.7 Å². The normalized spacial score (nSPS) is 12.3. The van der Waals surface area contributed by atoms with Gasteiger partial charge in [0.15, 0.2) is 0 Å². The molecule has 4 nitrogen and oxygen atoms in total. The number of benzene rings is 1. The van der Waals surface area contributed by atoms with Crippen LogP contribution in [0.25, 0.3) is 42.5 Å². The summed E-state index contributed by atoms with van der Waals surface area (Å²) in [4.78, 5) is 9.39. The summed E-state index contributed by atoms with van der Waals surface area (Å²) in [5.74, 6) is 0. The van der Waals surface area contributed by atoms with Crippen molar-refractivity contribution < 1.29 is 0 Å². The molecule has 0 fully saturated rings. The minimum absolute atomic E-state index is 0.619. The highest BCUT2D eigenvalue weighted by Gasteiger charge is 2.17. The fourth-order valence-electron chi connectivity index (χ4n) is 2.43. The van der Waals surface area contributed by atoms with Crippen LogP contribution in [0.2, 0.25) is 0 Å². The van der Waals surface area contributed by atoms with Crippen LogP contribution in [0.3, 0.4) is 0 Å². The van der Waals surface area contributed by atoms with E-state index in [2.05, 4.69) is 52.7 Å². The van der Waals surface area contributed by atoms with Crippen LogP contribution in [0.5, 0.6) is 0 Å². The van der Waals surface area contributed by atoms with E-state index in [1.807, 2.05) is 0 Å². The number of aromatic nitrogens is 4. The van der Waals surface area contributed by atoms with Gasteiger partial charge in [0.2, 0.25) is 11.3 Å². The van der Waals surface area contributed by atoms with Crippen LogP contribution < -0.4 is 0 Å². The Bertz CT molecular complexity index is 1080. The van der Waals surface area contributed by atoms with E-state index in [4.69, 9.17) is 9.97 Å². The van der Waals surface area contributed by atoms with Crippen molar-refractivity contribution in [2.75, 3.05) is 0 Å². The van der Waals surface area contributed by atoms with Gasteiger partial charge in [0, 0.05) is 10.8 Å². The summed E-state index contributed by atoms with van der Waals surface area (Å²) in [7, 11) is 0. The first-order valence-electron chi connectivity index (χ1n) is 5.81. The maximum Gasteiger partial charge on any atom is 0.213 e. The molecule has 4 heterocycles. The van der Waals surface area contributed by atoms with E-state index < -0.39 is 0 Å². The molecule has 0 unspecified atom stereocenters. The van der Waals surface area contributed by atoms with Gasteiger partial charge in [-0.05, 0) is 44.0 Å². The van der Waals surface area contributed by atoms with E-state index in [0.29, 0.717) is 11.3 Å². The third kappa shape index (κ3) is 1.75. The lowest BCUT2D eigenvalue weighted by atomic mass is 10.1. The molecule has 0 aliphatic rings. The second-order valence-electron chi connectivity index (χ2n) is 4.42. The quantitative estimate of drug-likeness (QED) is 0.304. The van der Waals surface area contributed by atoms with Gasteiger partial charge in [-0.3, -0.25) is 0 Å². The predicted molar refractivity (Wildman–Crippen MR) is 96.7 cm³/mol. The van der Waals surface area contributed by atoms with E-state index >= 15 is 0 Å². The second-order valence-corrected chi connectivity index (χ2v) is 9.81. The second kappa shape index (κ2) is 4.39. The van der Waals surface area contributed by atoms with Crippen molar-refractivity contribution in [1.82, 2.24) is 18.7 Å². The van der Waals surface area contributed by atoms with E-state index in [0.717, 1.165) is 39.7 Å². The lowest BCUT2D eigenvalue weighted by molar-refractivity contribution is 1.36. The Morgan fingerprint density at radius 3 is 1.71 bits per heavy atom. The minimum Gasteiger partial charge on any atom is -0.221 e. The summed E-state index contributed by atoms with van der Waals surface area (Å²) in [6.45, 7) is 0. The Kier molecular flexibility index (Phi) is 2.67. The van der Waals surface area contributed by atoms with Crippen LogP contribution in [0, 0.1) is 0 Å². The van der Waals surface area contributed by atoms with Crippen LogP contribution >= 0.6 is 66.3 Å². The average molecular weight is 458 g/mol. The molecule has 0 radical (unpaired) electrons. The average Bonchev–Trinajstić information content (AvgIpc) is 3.13. The number of hydrogen-bond acceptors (Lipinski definition) is 7. The molecule has 1 aromatic carbocycles. The van der Waals surface area contributed by atoms with Gasteiger partial charge in [-0.2, -0.15) is 8.75 Å². The molecule has 5 rings (SSSR count). The van der Waals surface area contributed by atoms with E-state index in [9.17, 15) is 0 Å². The number of rotatable bonds is 0. The molecule has 5 aromatic rings. The lowest BCUT2D eigenvalue weighted by Gasteiger charge is -2.00. The highest BCUT2D eigenvalue weighted by molar-refractivity contribution is 9.11. The molecule has 9 heteroatoms. The molecule has 0 N–H and O–H groups in total. The third-order valence-electron chi connectivity index (χ3n) is 3.24. The molecule has 0 saturated carbocycles. The van der Waals surface area contributed by atoms with Crippen LogP contribution in [-0.2, 0) is 0 Å². The molecular formula is C12H2Br2N4S3.